The smallest absolute Gasteiger partial charge is 0.264 e. The van der Waals surface area contributed by atoms with E-state index < -0.39 is 11.5 Å². The van der Waals surface area contributed by atoms with Crippen LogP contribution in [0.25, 0.3) is 0 Å². The van der Waals surface area contributed by atoms with Crippen molar-refractivity contribution in [1.82, 2.24) is 0 Å². The average Bonchev–Trinajstić information content (AvgIpc) is 3.35. The Morgan fingerprint density at radius 3 is 2.52 bits per heavy atom. The molecule has 1 aliphatic rings. The van der Waals surface area contributed by atoms with Crippen molar-refractivity contribution in [2.45, 2.75) is 18.6 Å². The van der Waals surface area contributed by atoms with E-state index in [4.69, 9.17) is 0 Å². The maximum atomic E-state index is 13.0. The Hall–Kier alpha value is -2.28. The summed E-state index contributed by atoms with van der Waals surface area (Å²) in [6.45, 7) is 0.392. The molecule has 1 aliphatic heterocycles. The second kappa shape index (κ2) is 6.22. The highest BCUT2D eigenvalue weighted by Crippen LogP contribution is 2.43. The molecule has 6 heteroatoms. The van der Waals surface area contributed by atoms with Crippen LogP contribution in [0.2, 0.25) is 0 Å². The Morgan fingerprint density at radius 1 is 1.04 bits per heavy atom. The predicted octanol–water partition coefficient (Wildman–Crippen LogP) is 3.82. The Labute approximate surface area is 153 Å². The van der Waals surface area contributed by atoms with E-state index in [1.807, 2.05) is 35.0 Å². The van der Waals surface area contributed by atoms with Gasteiger partial charge in [-0.15, -0.1) is 22.7 Å². The van der Waals surface area contributed by atoms with Crippen LogP contribution in [-0.2, 0) is 16.9 Å². The molecule has 0 fully saturated rings. The summed E-state index contributed by atoms with van der Waals surface area (Å²) in [5, 5.41) is 14.9. The fraction of sp³-hybridized carbons (Fsp3) is 0.158. The third kappa shape index (κ3) is 2.72. The number of ketones is 1. The molecule has 1 aromatic carbocycles. The summed E-state index contributed by atoms with van der Waals surface area (Å²) in [7, 11) is 0. The molecule has 4 rings (SSSR count). The van der Waals surface area contributed by atoms with E-state index in [-0.39, 0.29) is 12.2 Å². The van der Waals surface area contributed by atoms with E-state index >= 15 is 0 Å². The lowest BCUT2D eigenvalue weighted by atomic mass is 9.89. The van der Waals surface area contributed by atoms with Crippen LogP contribution in [0.15, 0.2) is 59.3 Å². The minimum Gasteiger partial charge on any atom is -0.375 e. The second-order valence-electron chi connectivity index (χ2n) is 5.93. The first-order valence-corrected chi connectivity index (χ1v) is 9.58. The number of rotatable bonds is 5. The van der Waals surface area contributed by atoms with Gasteiger partial charge in [-0.1, -0.05) is 30.3 Å². The molecule has 1 amide bonds. The number of benzene rings is 1. The Balaban J connectivity index is 1.70. The molecule has 0 radical (unpaired) electrons. The third-order valence-electron chi connectivity index (χ3n) is 4.35. The average molecular weight is 369 g/mol. The van der Waals surface area contributed by atoms with Crippen LogP contribution in [0, 0.1) is 0 Å². The highest BCUT2D eigenvalue weighted by atomic mass is 32.1. The number of para-hydroxylation sites is 1. The fourth-order valence-electron chi connectivity index (χ4n) is 3.15. The van der Waals surface area contributed by atoms with Gasteiger partial charge in [-0.2, -0.15) is 0 Å². The Kier molecular flexibility index (Phi) is 4.03. The van der Waals surface area contributed by atoms with E-state index in [0.717, 1.165) is 4.88 Å². The number of thiophene rings is 2. The highest BCUT2D eigenvalue weighted by molar-refractivity contribution is 7.12. The van der Waals surface area contributed by atoms with E-state index in [1.165, 1.54) is 11.3 Å². The van der Waals surface area contributed by atoms with Gasteiger partial charge in [0.25, 0.3) is 5.91 Å². The molecule has 0 spiro atoms. The lowest BCUT2D eigenvalue weighted by Gasteiger charge is -2.22. The molecule has 126 valence electrons. The molecule has 1 unspecified atom stereocenters. The SMILES string of the molecule is O=C(CC1(O)C(=O)N(Cc2cccs2)c2ccccc21)c1cccs1. The monoisotopic (exact) mass is 369 g/mol. The number of carbonyl (C=O) groups excluding carboxylic acids is 2. The van der Waals surface area contributed by atoms with Crippen molar-refractivity contribution in [3.8, 4) is 0 Å². The van der Waals surface area contributed by atoms with Gasteiger partial charge in [-0.3, -0.25) is 9.59 Å². The summed E-state index contributed by atoms with van der Waals surface area (Å²) < 4.78 is 0. The minimum atomic E-state index is -1.81. The van der Waals surface area contributed by atoms with Crippen LogP contribution in [0.1, 0.15) is 26.5 Å². The molecule has 0 bridgehead atoms. The van der Waals surface area contributed by atoms with Crippen LogP contribution in [-0.4, -0.2) is 16.8 Å². The van der Waals surface area contributed by atoms with Crippen molar-refractivity contribution in [3.63, 3.8) is 0 Å². The summed E-state index contributed by atoms with van der Waals surface area (Å²) in [5.41, 5.74) is -0.640. The Morgan fingerprint density at radius 2 is 1.80 bits per heavy atom. The van der Waals surface area contributed by atoms with E-state index in [9.17, 15) is 14.7 Å². The van der Waals surface area contributed by atoms with Crippen molar-refractivity contribution in [2.75, 3.05) is 4.90 Å². The van der Waals surface area contributed by atoms with Gasteiger partial charge < -0.3 is 10.0 Å². The molecule has 3 heterocycles. The normalized spacial score (nSPS) is 19.2. The number of anilines is 1. The summed E-state index contributed by atoms with van der Waals surface area (Å²) in [5.74, 6) is -0.661. The number of aliphatic hydroxyl groups is 1. The van der Waals surface area contributed by atoms with Crippen LogP contribution < -0.4 is 4.90 Å². The van der Waals surface area contributed by atoms with Gasteiger partial charge in [0, 0.05) is 10.4 Å². The van der Waals surface area contributed by atoms with Gasteiger partial charge in [-0.05, 0) is 29.0 Å². The molecule has 0 saturated carbocycles. The number of fused-ring (bicyclic) bond motifs is 1. The molecular weight excluding hydrogens is 354 g/mol. The molecule has 3 aromatic rings. The largest absolute Gasteiger partial charge is 0.375 e. The molecule has 2 aromatic heterocycles. The van der Waals surface area contributed by atoms with Crippen LogP contribution in [0.3, 0.4) is 0 Å². The van der Waals surface area contributed by atoms with Crippen LogP contribution >= 0.6 is 22.7 Å². The molecule has 0 saturated heterocycles. The fourth-order valence-corrected chi connectivity index (χ4v) is 4.51. The second-order valence-corrected chi connectivity index (χ2v) is 7.91. The standard InChI is InChI=1S/C19H15NO3S2/c21-16(17-8-4-10-25-17)11-19(23)14-6-1-2-7-15(14)20(18(19)22)12-13-5-3-9-24-13/h1-10,23H,11-12H2. The lowest BCUT2D eigenvalue weighted by Crippen LogP contribution is -2.41. The summed E-state index contributed by atoms with van der Waals surface area (Å²) >= 11 is 2.87. The number of carbonyl (C=O) groups is 2. The Bertz CT molecular complexity index is 918. The third-order valence-corrected chi connectivity index (χ3v) is 6.12. The molecule has 4 nitrogen and oxygen atoms in total. The van der Waals surface area contributed by atoms with Crippen molar-refractivity contribution in [3.05, 3.63) is 74.6 Å². The van der Waals surface area contributed by atoms with Gasteiger partial charge >= 0.3 is 0 Å². The van der Waals surface area contributed by atoms with Crippen LogP contribution in [0.4, 0.5) is 5.69 Å². The van der Waals surface area contributed by atoms with Gasteiger partial charge in [0.1, 0.15) is 0 Å². The summed E-state index contributed by atoms with van der Waals surface area (Å²) in [6.07, 6.45) is -0.246. The molecule has 1 N–H and O–H groups in total. The first-order valence-electron chi connectivity index (χ1n) is 7.82. The molecule has 0 aliphatic carbocycles. The molecule has 25 heavy (non-hydrogen) atoms. The van der Waals surface area contributed by atoms with E-state index in [2.05, 4.69) is 0 Å². The first kappa shape index (κ1) is 16.2. The van der Waals surface area contributed by atoms with E-state index in [0.29, 0.717) is 22.7 Å². The van der Waals surface area contributed by atoms with Crippen molar-refractivity contribution < 1.29 is 14.7 Å². The molecule has 1 atom stereocenters. The maximum absolute atomic E-state index is 13.0. The number of Topliss-reactive ketones (excluding diaryl/α,β-unsaturated/α-hetero) is 1. The number of hydrogen-bond acceptors (Lipinski definition) is 5. The number of amides is 1. The van der Waals surface area contributed by atoms with Crippen LogP contribution in [0.5, 0.6) is 0 Å². The quantitative estimate of drug-likeness (QED) is 0.696. The van der Waals surface area contributed by atoms with Gasteiger partial charge in [0.05, 0.1) is 23.5 Å². The predicted molar refractivity (Wildman–Crippen MR) is 99.1 cm³/mol. The lowest BCUT2D eigenvalue weighted by molar-refractivity contribution is -0.136. The summed E-state index contributed by atoms with van der Waals surface area (Å²) in [4.78, 5) is 28.7. The van der Waals surface area contributed by atoms with Gasteiger partial charge in [0.2, 0.25) is 0 Å². The van der Waals surface area contributed by atoms with E-state index in [1.54, 1.807) is 40.5 Å². The zero-order valence-corrected chi connectivity index (χ0v) is 14.8. The zero-order chi connectivity index (χ0) is 17.4. The van der Waals surface area contributed by atoms with Gasteiger partial charge in [-0.25, -0.2) is 0 Å². The zero-order valence-electron chi connectivity index (χ0n) is 13.2. The van der Waals surface area contributed by atoms with Crippen molar-refractivity contribution in [2.24, 2.45) is 0 Å². The minimum absolute atomic E-state index is 0.223. The van der Waals surface area contributed by atoms with Crippen molar-refractivity contribution >= 4 is 40.1 Å². The topological polar surface area (TPSA) is 57.6 Å². The first-order chi connectivity index (χ1) is 12.1. The maximum Gasteiger partial charge on any atom is 0.264 e. The van der Waals surface area contributed by atoms with Crippen molar-refractivity contribution in [1.29, 1.82) is 0 Å². The number of nitrogens with zero attached hydrogens (tertiary/aromatic N) is 1. The summed E-state index contributed by atoms with van der Waals surface area (Å²) in [6, 6.07) is 14.5. The molecular formula is C19H15NO3S2. The number of hydrogen-bond donors (Lipinski definition) is 1. The highest BCUT2D eigenvalue weighted by Gasteiger charge is 2.50. The van der Waals surface area contributed by atoms with Gasteiger partial charge in [0.15, 0.2) is 11.4 Å².